The van der Waals surface area contributed by atoms with Crippen LogP contribution >= 0.6 is 0 Å². The molecule has 1 aromatic heterocycles. The van der Waals surface area contributed by atoms with E-state index in [9.17, 15) is 13.5 Å². The van der Waals surface area contributed by atoms with Gasteiger partial charge in [-0.2, -0.15) is 0 Å². The Morgan fingerprint density at radius 2 is 2.22 bits per heavy atom. The zero-order valence-electron chi connectivity index (χ0n) is 10.1. The van der Waals surface area contributed by atoms with Gasteiger partial charge in [-0.15, -0.1) is 5.10 Å². The number of aliphatic hydroxyl groups excluding tert-OH is 1. The van der Waals surface area contributed by atoms with Crippen molar-refractivity contribution >= 4 is 9.84 Å². The van der Waals surface area contributed by atoms with Gasteiger partial charge in [-0.3, -0.25) is 0 Å². The third-order valence-electron chi connectivity index (χ3n) is 3.08. The number of hydrogen-bond donors (Lipinski definition) is 2. The van der Waals surface area contributed by atoms with Crippen molar-refractivity contribution in [2.45, 2.75) is 31.4 Å². The van der Waals surface area contributed by atoms with Gasteiger partial charge < -0.3 is 10.8 Å². The first kappa shape index (κ1) is 13.4. The summed E-state index contributed by atoms with van der Waals surface area (Å²) in [6, 6.07) is -0.509. The largest absolute Gasteiger partial charge is 0.390 e. The van der Waals surface area contributed by atoms with Crippen molar-refractivity contribution in [3.05, 3.63) is 11.9 Å². The number of nitrogens with two attached hydrogens (primary N) is 1. The Morgan fingerprint density at radius 1 is 1.44 bits per heavy atom. The molecule has 0 aromatic carbocycles. The molecule has 2 rings (SSSR count). The average Bonchev–Trinajstić information content (AvgIpc) is 2.83. The minimum absolute atomic E-state index is 0.0697. The predicted molar refractivity (Wildman–Crippen MR) is 65.7 cm³/mol. The molecule has 7 nitrogen and oxygen atoms in total. The molecule has 8 heteroatoms. The first-order valence-electron chi connectivity index (χ1n) is 6.01. The molecule has 18 heavy (non-hydrogen) atoms. The van der Waals surface area contributed by atoms with Crippen LogP contribution in [-0.2, 0) is 16.3 Å². The van der Waals surface area contributed by atoms with Crippen LogP contribution in [0.4, 0.5) is 0 Å². The first-order chi connectivity index (χ1) is 8.52. The van der Waals surface area contributed by atoms with Gasteiger partial charge in [0.05, 0.1) is 29.3 Å². The molecular formula is C10H18N4O3S. The number of unbranched alkanes of at least 4 members (excludes halogenated alkanes) is 1. The van der Waals surface area contributed by atoms with Crippen LogP contribution in [0.2, 0.25) is 0 Å². The molecule has 2 heterocycles. The quantitative estimate of drug-likeness (QED) is 0.659. The van der Waals surface area contributed by atoms with Crippen LogP contribution in [-0.4, -0.2) is 52.7 Å². The van der Waals surface area contributed by atoms with Gasteiger partial charge in [0.15, 0.2) is 9.84 Å². The van der Waals surface area contributed by atoms with E-state index >= 15 is 0 Å². The lowest BCUT2D eigenvalue weighted by atomic mass is 10.2. The Kier molecular flexibility index (Phi) is 3.98. The molecule has 0 saturated carbocycles. The summed E-state index contributed by atoms with van der Waals surface area (Å²) in [6.07, 6.45) is 3.44. The van der Waals surface area contributed by atoms with Crippen molar-refractivity contribution < 1.29 is 13.5 Å². The minimum atomic E-state index is -3.16. The van der Waals surface area contributed by atoms with Crippen molar-refractivity contribution in [1.29, 1.82) is 0 Å². The van der Waals surface area contributed by atoms with Crippen LogP contribution in [0.3, 0.4) is 0 Å². The molecule has 102 valence electrons. The summed E-state index contributed by atoms with van der Waals surface area (Å²) in [7, 11) is -3.16. The summed E-state index contributed by atoms with van der Waals surface area (Å²) >= 11 is 0. The molecule has 0 aliphatic carbocycles. The van der Waals surface area contributed by atoms with Gasteiger partial charge in [-0.1, -0.05) is 5.21 Å². The highest BCUT2D eigenvalue weighted by Crippen LogP contribution is 2.23. The van der Waals surface area contributed by atoms with Gasteiger partial charge in [-0.05, 0) is 25.8 Å². The van der Waals surface area contributed by atoms with Crippen LogP contribution < -0.4 is 5.73 Å². The number of aliphatic hydroxyl groups is 1. The van der Waals surface area contributed by atoms with Crippen LogP contribution in [0.15, 0.2) is 6.20 Å². The number of aryl methyl sites for hydroxylation is 1. The monoisotopic (exact) mass is 274 g/mol. The van der Waals surface area contributed by atoms with Crippen molar-refractivity contribution in [3.8, 4) is 0 Å². The van der Waals surface area contributed by atoms with E-state index in [1.54, 1.807) is 6.20 Å². The highest BCUT2D eigenvalue weighted by atomic mass is 32.2. The normalized spacial score (nSPS) is 26.6. The highest BCUT2D eigenvalue weighted by molar-refractivity contribution is 7.91. The Morgan fingerprint density at radius 3 is 2.83 bits per heavy atom. The van der Waals surface area contributed by atoms with Crippen LogP contribution in [0, 0.1) is 0 Å². The van der Waals surface area contributed by atoms with Crippen molar-refractivity contribution in [3.63, 3.8) is 0 Å². The molecule has 1 aliphatic rings. The maximum Gasteiger partial charge on any atom is 0.155 e. The number of sulfone groups is 1. The molecule has 3 N–H and O–H groups in total. The van der Waals surface area contributed by atoms with Crippen LogP contribution in [0.1, 0.15) is 24.6 Å². The summed E-state index contributed by atoms with van der Waals surface area (Å²) in [5.41, 5.74) is 6.21. The van der Waals surface area contributed by atoms with E-state index in [1.165, 1.54) is 4.68 Å². The average molecular weight is 274 g/mol. The third kappa shape index (κ3) is 3.06. The molecule has 0 bridgehead atoms. The summed E-state index contributed by atoms with van der Waals surface area (Å²) < 4.78 is 24.3. The minimum Gasteiger partial charge on any atom is -0.390 e. The fraction of sp³-hybridized carbons (Fsp3) is 0.800. The van der Waals surface area contributed by atoms with E-state index in [1.807, 2.05) is 0 Å². The molecule has 1 fully saturated rings. The molecular weight excluding hydrogens is 256 g/mol. The molecule has 1 saturated heterocycles. The second-order valence-corrected chi connectivity index (χ2v) is 6.80. The molecule has 2 unspecified atom stereocenters. The molecule has 0 spiro atoms. The SMILES string of the molecule is NCCCCc1cn(C2CS(=O)(=O)CC2O)nn1. The van der Waals surface area contributed by atoms with Crippen molar-refractivity contribution in [1.82, 2.24) is 15.0 Å². The second-order valence-electron chi connectivity index (χ2n) is 4.65. The lowest BCUT2D eigenvalue weighted by molar-refractivity contribution is 0.145. The Hall–Kier alpha value is -0.990. The fourth-order valence-electron chi connectivity index (χ4n) is 2.10. The van der Waals surface area contributed by atoms with Gasteiger partial charge in [0.1, 0.15) is 0 Å². The molecule has 1 aromatic rings. The van der Waals surface area contributed by atoms with E-state index in [0.717, 1.165) is 25.0 Å². The third-order valence-corrected chi connectivity index (χ3v) is 4.78. The fourth-order valence-corrected chi connectivity index (χ4v) is 3.88. The Labute approximate surface area is 106 Å². The summed E-state index contributed by atoms with van der Waals surface area (Å²) in [5.74, 6) is -0.264. The van der Waals surface area contributed by atoms with E-state index in [4.69, 9.17) is 5.73 Å². The van der Waals surface area contributed by atoms with Gasteiger partial charge in [0.25, 0.3) is 0 Å². The topological polar surface area (TPSA) is 111 Å². The highest BCUT2D eigenvalue weighted by Gasteiger charge is 2.38. The zero-order chi connectivity index (χ0) is 13.2. The van der Waals surface area contributed by atoms with E-state index in [2.05, 4.69) is 10.3 Å². The molecule has 2 atom stereocenters. The summed E-state index contributed by atoms with van der Waals surface area (Å²) in [5, 5.41) is 17.6. The molecule has 1 aliphatic heterocycles. The van der Waals surface area contributed by atoms with Crippen molar-refractivity contribution in [2.24, 2.45) is 5.73 Å². The summed E-state index contributed by atoms with van der Waals surface area (Å²) in [4.78, 5) is 0. The van der Waals surface area contributed by atoms with Crippen LogP contribution in [0.25, 0.3) is 0 Å². The standard InChI is InChI=1S/C10H18N4O3S/c11-4-2-1-3-8-5-14(13-12-8)9-6-18(16,17)7-10(9)15/h5,9-10,15H,1-4,6-7,11H2. The number of hydrogen-bond acceptors (Lipinski definition) is 6. The van der Waals surface area contributed by atoms with E-state index in [-0.39, 0.29) is 11.5 Å². The zero-order valence-corrected chi connectivity index (χ0v) is 10.9. The van der Waals surface area contributed by atoms with Gasteiger partial charge in [0.2, 0.25) is 0 Å². The lowest BCUT2D eigenvalue weighted by Crippen LogP contribution is -2.22. The van der Waals surface area contributed by atoms with Crippen molar-refractivity contribution in [2.75, 3.05) is 18.1 Å². The van der Waals surface area contributed by atoms with Gasteiger partial charge in [-0.25, -0.2) is 13.1 Å². The Bertz CT molecular complexity index is 499. The smallest absolute Gasteiger partial charge is 0.155 e. The molecule has 0 amide bonds. The number of nitrogens with zero attached hydrogens (tertiary/aromatic N) is 3. The number of aromatic nitrogens is 3. The maximum absolute atomic E-state index is 11.4. The van der Waals surface area contributed by atoms with E-state index < -0.39 is 22.0 Å². The van der Waals surface area contributed by atoms with Gasteiger partial charge in [0, 0.05) is 6.20 Å². The lowest BCUT2D eigenvalue weighted by Gasteiger charge is -2.11. The molecule has 0 radical (unpaired) electrons. The number of rotatable bonds is 5. The first-order valence-corrected chi connectivity index (χ1v) is 7.83. The predicted octanol–water partition coefficient (Wildman–Crippen LogP) is -1.11. The maximum atomic E-state index is 11.4. The van der Waals surface area contributed by atoms with Gasteiger partial charge >= 0.3 is 0 Å². The Balaban J connectivity index is 2.02. The summed E-state index contributed by atoms with van der Waals surface area (Å²) in [6.45, 7) is 0.647. The van der Waals surface area contributed by atoms with Crippen LogP contribution in [0.5, 0.6) is 0 Å². The van der Waals surface area contributed by atoms with E-state index in [0.29, 0.717) is 6.54 Å². The second kappa shape index (κ2) is 5.33.